The molecule has 0 fully saturated rings. The average Bonchev–Trinajstić information content (AvgIpc) is 2.26. The van der Waals surface area contributed by atoms with Crippen LogP contribution < -0.4 is 28.6 Å². The lowest BCUT2D eigenvalue weighted by Crippen LogP contribution is -3.00. The quantitative estimate of drug-likeness (QED) is 0.284. The minimum absolute atomic E-state index is 0. The summed E-state index contributed by atoms with van der Waals surface area (Å²) in [5, 5.41) is 12.3. The molecular weight excluding hydrogens is 276 g/mol. The lowest BCUT2D eigenvalue weighted by atomic mass is 10.2. The number of benzene rings is 1. The molecule has 80 valence electrons. The fourth-order valence-corrected chi connectivity index (χ4v) is 1.45. The van der Waals surface area contributed by atoms with Crippen molar-refractivity contribution in [1.82, 2.24) is 0 Å². The summed E-state index contributed by atoms with van der Waals surface area (Å²) in [6, 6.07) is 9.36. The summed E-state index contributed by atoms with van der Waals surface area (Å²) >= 11 is 1.36. The third-order valence-corrected chi connectivity index (χ3v) is 2.48. The molecule has 0 unspecified atom stereocenters. The Labute approximate surface area is 103 Å². The van der Waals surface area contributed by atoms with Crippen LogP contribution in [0, 0.1) is 11.3 Å². The van der Waals surface area contributed by atoms with Crippen LogP contribution in [0.2, 0.25) is 0 Å². The zero-order valence-electron chi connectivity index (χ0n) is 7.85. The molecule has 0 atom stereocenters. The molecule has 0 bridgehead atoms. The van der Waals surface area contributed by atoms with Crippen molar-refractivity contribution in [3.63, 3.8) is 0 Å². The molecule has 0 saturated heterocycles. The number of hydrogen-bond donors (Lipinski definition) is 2. The van der Waals surface area contributed by atoms with Crippen LogP contribution in [0.3, 0.4) is 0 Å². The number of halogens is 1. The standard InChI is InChI=1S/C9H10N4S.BrH/c10-5-7-1-3-8(4-2-7)6-14-9(11)13-12;/h1-4H,6,12H2,(H2,11,13);1H/p-1. The number of amidine groups is 1. The van der Waals surface area contributed by atoms with Gasteiger partial charge in [0.15, 0.2) is 5.17 Å². The molecule has 0 radical (unpaired) electrons. The van der Waals surface area contributed by atoms with E-state index in [4.69, 9.17) is 16.8 Å². The molecule has 0 aliphatic rings. The second-order valence-electron chi connectivity index (χ2n) is 2.56. The molecule has 0 heterocycles. The van der Waals surface area contributed by atoms with Gasteiger partial charge in [-0.1, -0.05) is 23.9 Å². The molecule has 0 aliphatic carbocycles. The van der Waals surface area contributed by atoms with E-state index in [1.807, 2.05) is 12.1 Å². The summed E-state index contributed by atoms with van der Waals surface area (Å²) < 4.78 is 0. The SMILES string of the molecule is N#Cc1ccc(CS/C(N)=N/N)cc1.[Br-]. The second kappa shape index (κ2) is 7.15. The summed E-state index contributed by atoms with van der Waals surface area (Å²) in [5.41, 5.74) is 7.15. The number of nitrogens with two attached hydrogens (primary N) is 2. The number of nitrogens with zero attached hydrogens (tertiary/aromatic N) is 2. The van der Waals surface area contributed by atoms with Crippen LogP contribution in [0.5, 0.6) is 0 Å². The normalized spacial score (nSPS) is 10.2. The van der Waals surface area contributed by atoms with E-state index in [-0.39, 0.29) is 17.0 Å². The minimum Gasteiger partial charge on any atom is -1.00 e. The maximum atomic E-state index is 8.57. The van der Waals surface area contributed by atoms with Gasteiger partial charge in [-0.05, 0) is 17.7 Å². The van der Waals surface area contributed by atoms with E-state index >= 15 is 0 Å². The molecule has 0 aliphatic heterocycles. The molecule has 1 aromatic rings. The van der Waals surface area contributed by atoms with Gasteiger partial charge in [0.25, 0.3) is 0 Å². The topological polar surface area (TPSA) is 88.2 Å². The summed E-state index contributed by atoms with van der Waals surface area (Å²) in [6.07, 6.45) is 0. The zero-order valence-corrected chi connectivity index (χ0v) is 10.3. The predicted octanol–water partition coefficient (Wildman–Crippen LogP) is -2.02. The lowest BCUT2D eigenvalue weighted by molar-refractivity contribution is -0.00000325. The van der Waals surface area contributed by atoms with E-state index in [1.54, 1.807) is 12.1 Å². The summed E-state index contributed by atoms with van der Waals surface area (Å²) in [6.45, 7) is 0. The molecular formula is C9H10BrN4S-. The molecule has 1 aromatic carbocycles. The van der Waals surface area contributed by atoms with Gasteiger partial charge in [-0.25, -0.2) is 0 Å². The third kappa shape index (κ3) is 4.72. The van der Waals surface area contributed by atoms with Gasteiger partial charge < -0.3 is 28.6 Å². The Bertz CT molecular complexity index is 369. The summed E-state index contributed by atoms with van der Waals surface area (Å²) in [5.74, 6) is 5.69. The van der Waals surface area contributed by atoms with E-state index in [0.717, 1.165) is 5.56 Å². The van der Waals surface area contributed by atoms with Gasteiger partial charge in [-0.2, -0.15) is 10.4 Å². The lowest BCUT2D eigenvalue weighted by Gasteiger charge is -1.99. The van der Waals surface area contributed by atoms with Crippen LogP contribution in [0.4, 0.5) is 0 Å². The van der Waals surface area contributed by atoms with Crippen molar-refractivity contribution in [2.24, 2.45) is 16.7 Å². The highest BCUT2D eigenvalue weighted by molar-refractivity contribution is 8.13. The average molecular weight is 286 g/mol. The Kier molecular flexibility index (Phi) is 6.58. The molecule has 0 aromatic heterocycles. The van der Waals surface area contributed by atoms with Gasteiger partial charge in [0.2, 0.25) is 0 Å². The Morgan fingerprint density at radius 3 is 2.47 bits per heavy atom. The van der Waals surface area contributed by atoms with Crippen LogP contribution >= 0.6 is 11.8 Å². The highest BCUT2D eigenvalue weighted by Crippen LogP contribution is 2.12. The van der Waals surface area contributed by atoms with E-state index in [9.17, 15) is 0 Å². The van der Waals surface area contributed by atoms with Crippen LogP contribution in [-0.4, -0.2) is 5.17 Å². The van der Waals surface area contributed by atoms with Gasteiger partial charge in [-0.15, -0.1) is 0 Å². The van der Waals surface area contributed by atoms with Crippen molar-refractivity contribution in [1.29, 1.82) is 5.26 Å². The molecule has 1 rings (SSSR count). The monoisotopic (exact) mass is 285 g/mol. The maximum absolute atomic E-state index is 8.57. The number of thioether (sulfide) groups is 1. The van der Waals surface area contributed by atoms with Crippen LogP contribution in [0.1, 0.15) is 11.1 Å². The number of nitriles is 1. The Morgan fingerprint density at radius 2 is 2.00 bits per heavy atom. The van der Waals surface area contributed by atoms with Gasteiger partial charge in [0, 0.05) is 5.75 Å². The fraction of sp³-hybridized carbons (Fsp3) is 0.111. The van der Waals surface area contributed by atoms with Crippen LogP contribution in [-0.2, 0) is 5.75 Å². The Hall–Kier alpha value is -1.19. The van der Waals surface area contributed by atoms with E-state index in [2.05, 4.69) is 11.2 Å². The van der Waals surface area contributed by atoms with Crippen molar-refractivity contribution in [2.75, 3.05) is 0 Å². The number of hydrazone groups is 1. The third-order valence-electron chi connectivity index (χ3n) is 1.60. The molecule has 4 nitrogen and oxygen atoms in total. The fourth-order valence-electron chi connectivity index (χ4n) is 0.870. The van der Waals surface area contributed by atoms with Gasteiger partial charge in [-0.3, -0.25) is 0 Å². The number of rotatable bonds is 2. The largest absolute Gasteiger partial charge is 1.00 e. The van der Waals surface area contributed by atoms with Crippen molar-refractivity contribution in [3.05, 3.63) is 35.4 Å². The first-order valence-electron chi connectivity index (χ1n) is 3.91. The summed E-state index contributed by atoms with van der Waals surface area (Å²) in [7, 11) is 0. The first-order valence-corrected chi connectivity index (χ1v) is 4.90. The van der Waals surface area contributed by atoms with E-state index < -0.39 is 0 Å². The van der Waals surface area contributed by atoms with Crippen molar-refractivity contribution < 1.29 is 17.0 Å². The maximum Gasteiger partial charge on any atom is 0.177 e. The highest BCUT2D eigenvalue weighted by atomic mass is 79.9. The molecule has 15 heavy (non-hydrogen) atoms. The van der Waals surface area contributed by atoms with Gasteiger partial charge >= 0.3 is 0 Å². The Balaban J connectivity index is 0.00000196. The first-order chi connectivity index (χ1) is 6.76. The predicted molar refractivity (Wildman–Crippen MR) is 58.3 cm³/mol. The Morgan fingerprint density at radius 1 is 1.40 bits per heavy atom. The molecule has 0 spiro atoms. The minimum atomic E-state index is 0. The first kappa shape index (κ1) is 13.8. The smallest absolute Gasteiger partial charge is 0.177 e. The van der Waals surface area contributed by atoms with Gasteiger partial charge in [0.05, 0.1) is 11.6 Å². The highest BCUT2D eigenvalue weighted by Gasteiger charge is 1.96. The van der Waals surface area contributed by atoms with Crippen LogP contribution in [0.15, 0.2) is 29.4 Å². The van der Waals surface area contributed by atoms with Crippen molar-refractivity contribution in [3.8, 4) is 6.07 Å². The van der Waals surface area contributed by atoms with E-state index in [0.29, 0.717) is 16.5 Å². The molecule has 0 amide bonds. The van der Waals surface area contributed by atoms with Crippen LogP contribution in [0.25, 0.3) is 0 Å². The molecule has 4 N–H and O–H groups in total. The molecule has 0 saturated carbocycles. The zero-order chi connectivity index (χ0) is 10.4. The van der Waals surface area contributed by atoms with Crippen molar-refractivity contribution in [2.45, 2.75) is 5.75 Å². The summed E-state index contributed by atoms with van der Waals surface area (Å²) in [4.78, 5) is 0. The number of hydrogen-bond acceptors (Lipinski definition) is 4. The van der Waals surface area contributed by atoms with Crippen molar-refractivity contribution >= 4 is 16.9 Å². The molecule has 6 heteroatoms. The second-order valence-corrected chi connectivity index (χ2v) is 3.56. The van der Waals surface area contributed by atoms with Gasteiger partial charge in [0.1, 0.15) is 0 Å². The van der Waals surface area contributed by atoms with E-state index in [1.165, 1.54) is 11.8 Å².